The smallest absolute Gasteiger partial charge is 0.217 e. The lowest BCUT2D eigenvalue weighted by Crippen LogP contribution is -2.18. The van der Waals surface area contributed by atoms with Crippen LogP contribution in [-0.2, 0) is 11.3 Å². The molecule has 0 saturated heterocycles. The van der Waals surface area contributed by atoms with E-state index in [1.807, 2.05) is 31.2 Å². The minimum absolute atomic E-state index is 0.0455. The van der Waals surface area contributed by atoms with Crippen molar-refractivity contribution in [3.05, 3.63) is 39.2 Å². The third kappa shape index (κ3) is 3.09. The maximum atomic E-state index is 10.9. The maximum Gasteiger partial charge on any atom is 0.217 e. The predicted octanol–water partition coefficient (Wildman–Crippen LogP) is 3.41. The highest BCUT2D eigenvalue weighted by Crippen LogP contribution is 2.28. The molecule has 0 aliphatic rings. The molecule has 5 heteroatoms. The second-order valence-electron chi connectivity index (χ2n) is 3.93. The van der Waals surface area contributed by atoms with Crippen molar-refractivity contribution in [2.24, 2.45) is 0 Å². The summed E-state index contributed by atoms with van der Waals surface area (Å²) in [6.45, 7) is 4.01. The van der Waals surface area contributed by atoms with Crippen LogP contribution in [0.1, 0.15) is 16.8 Å². The molecule has 3 nitrogen and oxygen atoms in total. The molecule has 2 aromatic rings. The Labute approximate surface area is 115 Å². The van der Waals surface area contributed by atoms with Crippen LogP contribution in [0.4, 0.5) is 0 Å². The fourth-order valence-electron chi connectivity index (χ4n) is 1.60. The lowest BCUT2D eigenvalue weighted by molar-refractivity contribution is -0.119. The van der Waals surface area contributed by atoms with Crippen LogP contribution in [0.5, 0.6) is 0 Å². The van der Waals surface area contributed by atoms with Crippen LogP contribution in [0, 0.1) is 6.92 Å². The number of aryl methyl sites for hydroxylation is 1. The van der Waals surface area contributed by atoms with Crippen LogP contribution in [0.2, 0.25) is 5.02 Å². The van der Waals surface area contributed by atoms with Gasteiger partial charge in [0.2, 0.25) is 5.91 Å². The fraction of sp³-hybridized carbons (Fsp3) is 0.231. The Kier molecular flexibility index (Phi) is 3.99. The number of amides is 1. The van der Waals surface area contributed by atoms with Crippen molar-refractivity contribution in [2.75, 3.05) is 0 Å². The molecule has 0 bridgehead atoms. The number of carbonyl (C=O) groups is 1. The van der Waals surface area contributed by atoms with Gasteiger partial charge in [-0.2, -0.15) is 0 Å². The molecule has 1 heterocycles. The highest BCUT2D eigenvalue weighted by Gasteiger charge is 2.09. The van der Waals surface area contributed by atoms with Gasteiger partial charge in [-0.05, 0) is 19.1 Å². The van der Waals surface area contributed by atoms with Gasteiger partial charge in [0.05, 0.1) is 12.2 Å². The quantitative estimate of drug-likeness (QED) is 0.936. The Morgan fingerprint density at radius 1 is 1.39 bits per heavy atom. The number of hydrogen-bond acceptors (Lipinski definition) is 3. The monoisotopic (exact) mass is 280 g/mol. The highest BCUT2D eigenvalue weighted by atomic mass is 35.5. The van der Waals surface area contributed by atoms with Crippen molar-refractivity contribution in [1.82, 2.24) is 10.3 Å². The molecule has 1 aromatic carbocycles. The molecule has 0 spiro atoms. The molecular weight excluding hydrogens is 268 g/mol. The number of carbonyl (C=O) groups excluding carboxylic acids is 1. The summed E-state index contributed by atoms with van der Waals surface area (Å²) in [4.78, 5) is 16.5. The molecule has 94 valence electrons. The molecule has 1 N–H and O–H groups in total. The molecule has 0 saturated carbocycles. The molecule has 0 atom stereocenters. The molecule has 0 fully saturated rings. The van der Waals surface area contributed by atoms with Crippen molar-refractivity contribution in [1.29, 1.82) is 0 Å². The van der Waals surface area contributed by atoms with Gasteiger partial charge in [0, 0.05) is 22.4 Å². The van der Waals surface area contributed by atoms with E-state index in [0.29, 0.717) is 11.6 Å². The van der Waals surface area contributed by atoms with Gasteiger partial charge in [-0.25, -0.2) is 4.98 Å². The zero-order valence-electron chi connectivity index (χ0n) is 10.2. The zero-order chi connectivity index (χ0) is 13.1. The van der Waals surface area contributed by atoms with E-state index < -0.39 is 0 Å². The molecular formula is C13H13ClN2OS. The number of rotatable bonds is 3. The summed E-state index contributed by atoms with van der Waals surface area (Å²) in [7, 11) is 0. The van der Waals surface area contributed by atoms with E-state index in [0.717, 1.165) is 21.1 Å². The largest absolute Gasteiger partial charge is 0.350 e. The van der Waals surface area contributed by atoms with Gasteiger partial charge in [0.15, 0.2) is 0 Å². The first-order valence-electron chi connectivity index (χ1n) is 5.53. The standard InChI is InChI=1S/C13H13ClN2OS/c1-8-13(10-3-5-11(14)6-4-10)16-12(18-8)7-15-9(2)17/h3-6H,7H2,1-2H3,(H,15,17). The first kappa shape index (κ1) is 13.1. The van der Waals surface area contributed by atoms with E-state index in [2.05, 4.69) is 10.3 Å². The van der Waals surface area contributed by atoms with Crippen molar-refractivity contribution >= 4 is 28.8 Å². The van der Waals surface area contributed by atoms with E-state index in [4.69, 9.17) is 11.6 Å². The number of hydrogen-bond donors (Lipinski definition) is 1. The highest BCUT2D eigenvalue weighted by molar-refractivity contribution is 7.12. The van der Waals surface area contributed by atoms with Crippen LogP contribution in [0.3, 0.4) is 0 Å². The average molecular weight is 281 g/mol. The Bertz CT molecular complexity index is 563. The Morgan fingerprint density at radius 2 is 2.06 bits per heavy atom. The van der Waals surface area contributed by atoms with Gasteiger partial charge in [0.1, 0.15) is 5.01 Å². The van der Waals surface area contributed by atoms with Gasteiger partial charge < -0.3 is 5.32 Å². The lowest BCUT2D eigenvalue weighted by Gasteiger charge is -1.99. The SMILES string of the molecule is CC(=O)NCc1nc(-c2ccc(Cl)cc2)c(C)s1. The average Bonchev–Trinajstić information content (AvgIpc) is 2.69. The Balaban J connectivity index is 2.23. The van der Waals surface area contributed by atoms with Gasteiger partial charge in [-0.1, -0.05) is 23.7 Å². The summed E-state index contributed by atoms with van der Waals surface area (Å²) in [6, 6.07) is 7.60. The first-order chi connectivity index (χ1) is 8.56. The molecule has 1 amide bonds. The van der Waals surface area contributed by atoms with Crippen molar-refractivity contribution in [3.8, 4) is 11.3 Å². The minimum atomic E-state index is -0.0455. The Hall–Kier alpha value is -1.39. The summed E-state index contributed by atoms with van der Waals surface area (Å²) in [5.41, 5.74) is 2.00. The molecule has 18 heavy (non-hydrogen) atoms. The third-order valence-electron chi connectivity index (χ3n) is 2.45. The van der Waals surface area contributed by atoms with Gasteiger partial charge in [-0.3, -0.25) is 4.79 Å². The topological polar surface area (TPSA) is 42.0 Å². The number of nitrogens with zero attached hydrogens (tertiary/aromatic N) is 1. The van der Waals surface area contributed by atoms with E-state index >= 15 is 0 Å². The van der Waals surface area contributed by atoms with Crippen LogP contribution in [0.15, 0.2) is 24.3 Å². The van der Waals surface area contributed by atoms with Crippen LogP contribution in [0.25, 0.3) is 11.3 Å². The summed E-state index contributed by atoms with van der Waals surface area (Å²) >= 11 is 7.46. The molecule has 0 radical (unpaired) electrons. The number of benzene rings is 1. The first-order valence-corrected chi connectivity index (χ1v) is 6.72. The van der Waals surface area contributed by atoms with Crippen LogP contribution < -0.4 is 5.32 Å². The summed E-state index contributed by atoms with van der Waals surface area (Å²) in [5.74, 6) is -0.0455. The Morgan fingerprint density at radius 3 is 2.67 bits per heavy atom. The predicted molar refractivity (Wildman–Crippen MR) is 74.8 cm³/mol. The number of aromatic nitrogens is 1. The molecule has 0 aliphatic heterocycles. The zero-order valence-corrected chi connectivity index (χ0v) is 11.7. The summed E-state index contributed by atoms with van der Waals surface area (Å²) in [5, 5.41) is 4.37. The number of thiazole rings is 1. The van der Waals surface area contributed by atoms with Gasteiger partial charge in [-0.15, -0.1) is 11.3 Å². The lowest BCUT2D eigenvalue weighted by atomic mass is 10.1. The molecule has 2 rings (SSSR count). The second kappa shape index (κ2) is 5.50. The molecule has 1 aromatic heterocycles. The van der Waals surface area contributed by atoms with E-state index in [1.54, 1.807) is 11.3 Å². The van der Waals surface area contributed by atoms with Crippen molar-refractivity contribution in [2.45, 2.75) is 20.4 Å². The number of halogens is 1. The van der Waals surface area contributed by atoms with Gasteiger partial charge in [0.25, 0.3) is 0 Å². The normalized spacial score (nSPS) is 10.4. The summed E-state index contributed by atoms with van der Waals surface area (Å²) in [6.07, 6.45) is 0. The van der Waals surface area contributed by atoms with E-state index in [-0.39, 0.29) is 5.91 Å². The number of nitrogens with one attached hydrogen (secondary N) is 1. The fourth-order valence-corrected chi connectivity index (χ4v) is 2.62. The van der Waals surface area contributed by atoms with E-state index in [9.17, 15) is 4.79 Å². The van der Waals surface area contributed by atoms with Crippen molar-refractivity contribution < 1.29 is 4.79 Å². The third-order valence-corrected chi connectivity index (χ3v) is 3.67. The molecule has 0 aliphatic carbocycles. The second-order valence-corrected chi connectivity index (χ2v) is 5.65. The van der Waals surface area contributed by atoms with Crippen molar-refractivity contribution in [3.63, 3.8) is 0 Å². The maximum absolute atomic E-state index is 10.9. The van der Waals surface area contributed by atoms with Crippen LogP contribution >= 0.6 is 22.9 Å². The minimum Gasteiger partial charge on any atom is -0.350 e. The molecule has 0 unspecified atom stereocenters. The van der Waals surface area contributed by atoms with Crippen LogP contribution in [-0.4, -0.2) is 10.9 Å². The van der Waals surface area contributed by atoms with E-state index in [1.165, 1.54) is 6.92 Å². The van der Waals surface area contributed by atoms with Gasteiger partial charge >= 0.3 is 0 Å². The summed E-state index contributed by atoms with van der Waals surface area (Å²) < 4.78 is 0.